The van der Waals surface area contributed by atoms with E-state index >= 15 is 0 Å². The smallest absolute Gasteiger partial charge is 0.319 e. The van der Waals surface area contributed by atoms with Gasteiger partial charge in [0, 0.05) is 12.2 Å². The van der Waals surface area contributed by atoms with Crippen LogP contribution < -0.4 is 10.6 Å². The van der Waals surface area contributed by atoms with Gasteiger partial charge < -0.3 is 15.7 Å². The molecular formula is C16H24N2O2. The molecule has 4 nitrogen and oxygen atoms in total. The summed E-state index contributed by atoms with van der Waals surface area (Å²) in [5.41, 5.74) is 1.59. The third-order valence-electron chi connectivity index (χ3n) is 3.93. The molecule has 1 aromatic carbocycles. The van der Waals surface area contributed by atoms with E-state index in [1.165, 1.54) is 32.1 Å². The van der Waals surface area contributed by atoms with Gasteiger partial charge in [0.25, 0.3) is 0 Å². The quantitative estimate of drug-likeness (QED) is 0.789. The Bertz CT molecular complexity index is 423. The molecule has 0 aromatic heterocycles. The maximum atomic E-state index is 11.8. The Labute approximate surface area is 120 Å². The zero-order chi connectivity index (χ0) is 14.4. The second-order valence-corrected chi connectivity index (χ2v) is 5.64. The number of rotatable bonds is 4. The first-order chi connectivity index (χ1) is 9.65. The van der Waals surface area contributed by atoms with Crippen molar-refractivity contribution in [1.82, 2.24) is 5.32 Å². The minimum atomic E-state index is -0.482. The van der Waals surface area contributed by atoms with E-state index in [0.29, 0.717) is 5.92 Å². The Morgan fingerprint density at radius 3 is 2.50 bits per heavy atom. The summed E-state index contributed by atoms with van der Waals surface area (Å²) < 4.78 is 0. The topological polar surface area (TPSA) is 61.4 Å². The highest BCUT2D eigenvalue weighted by Crippen LogP contribution is 2.22. The third kappa shape index (κ3) is 4.53. The van der Waals surface area contributed by atoms with Crippen molar-refractivity contribution in [2.24, 2.45) is 5.92 Å². The van der Waals surface area contributed by atoms with E-state index in [9.17, 15) is 9.90 Å². The molecule has 0 spiro atoms. The van der Waals surface area contributed by atoms with Gasteiger partial charge in [-0.3, -0.25) is 0 Å². The van der Waals surface area contributed by atoms with Crippen LogP contribution in [0.5, 0.6) is 0 Å². The van der Waals surface area contributed by atoms with Crippen molar-refractivity contribution in [3.8, 4) is 0 Å². The summed E-state index contributed by atoms with van der Waals surface area (Å²) in [7, 11) is 0. The SMILES string of the molecule is CC(O)c1ccc(NC(=O)NCC2CCCCC2)cc1. The molecule has 1 aliphatic carbocycles. The largest absolute Gasteiger partial charge is 0.389 e. The summed E-state index contributed by atoms with van der Waals surface area (Å²) in [6, 6.07) is 7.10. The molecule has 0 radical (unpaired) electrons. The first kappa shape index (κ1) is 14.9. The minimum absolute atomic E-state index is 0.152. The highest BCUT2D eigenvalue weighted by atomic mass is 16.3. The van der Waals surface area contributed by atoms with E-state index in [-0.39, 0.29) is 6.03 Å². The first-order valence-corrected chi connectivity index (χ1v) is 7.48. The normalized spacial score (nSPS) is 17.5. The number of urea groups is 1. The Morgan fingerprint density at radius 1 is 1.25 bits per heavy atom. The molecule has 1 atom stereocenters. The van der Waals surface area contributed by atoms with Crippen LogP contribution in [0.15, 0.2) is 24.3 Å². The van der Waals surface area contributed by atoms with E-state index < -0.39 is 6.10 Å². The van der Waals surface area contributed by atoms with Crippen molar-refractivity contribution >= 4 is 11.7 Å². The number of amides is 2. The lowest BCUT2D eigenvalue weighted by Crippen LogP contribution is -2.33. The maximum Gasteiger partial charge on any atom is 0.319 e. The molecule has 1 aliphatic rings. The van der Waals surface area contributed by atoms with Gasteiger partial charge >= 0.3 is 6.03 Å². The lowest BCUT2D eigenvalue weighted by molar-refractivity contribution is 0.199. The molecule has 0 heterocycles. The molecule has 1 fully saturated rings. The number of carbonyl (C=O) groups is 1. The molecule has 0 bridgehead atoms. The summed E-state index contributed by atoms with van der Waals surface area (Å²) in [6.45, 7) is 2.48. The van der Waals surface area contributed by atoms with Gasteiger partial charge in [-0.25, -0.2) is 4.79 Å². The van der Waals surface area contributed by atoms with Crippen LogP contribution >= 0.6 is 0 Å². The van der Waals surface area contributed by atoms with Gasteiger partial charge in [-0.2, -0.15) is 0 Å². The highest BCUT2D eigenvalue weighted by Gasteiger charge is 2.14. The van der Waals surface area contributed by atoms with Crippen LogP contribution in [0.25, 0.3) is 0 Å². The van der Waals surface area contributed by atoms with Gasteiger partial charge in [0.2, 0.25) is 0 Å². The lowest BCUT2D eigenvalue weighted by Gasteiger charge is -2.21. The van der Waals surface area contributed by atoms with Gasteiger partial charge in [0.1, 0.15) is 0 Å². The number of benzene rings is 1. The maximum absolute atomic E-state index is 11.8. The van der Waals surface area contributed by atoms with E-state index in [4.69, 9.17) is 0 Å². The second kappa shape index (κ2) is 7.29. The van der Waals surface area contributed by atoms with Gasteiger partial charge in [-0.1, -0.05) is 31.4 Å². The summed E-state index contributed by atoms with van der Waals surface area (Å²) in [5, 5.41) is 15.2. The van der Waals surface area contributed by atoms with E-state index in [2.05, 4.69) is 10.6 Å². The Balaban J connectivity index is 1.75. The standard InChI is InChI=1S/C16H24N2O2/c1-12(19)14-7-9-15(10-8-14)18-16(20)17-11-13-5-3-2-4-6-13/h7-10,12-13,19H,2-6,11H2,1H3,(H2,17,18,20). The van der Waals surface area contributed by atoms with Gasteiger partial charge in [-0.05, 0) is 43.4 Å². The molecule has 3 N–H and O–H groups in total. The second-order valence-electron chi connectivity index (χ2n) is 5.64. The van der Waals surface area contributed by atoms with Crippen LogP contribution in [-0.2, 0) is 0 Å². The molecule has 2 amide bonds. The van der Waals surface area contributed by atoms with Gasteiger partial charge in [0.15, 0.2) is 0 Å². The zero-order valence-corrected chi connectivity index (χ0v) is 12.1. The van der Waals surface area contributed by atoms with Crippen molar-refractivity contribution in [2.75, 3.05) is 11.9 Å². The van der Waals surface area contributed by atoms with Crippen LogP contribution in [0.1, 0.15) is 50.7 Å². The van der Waals surface area contributed by atoms with Crippen LogP contribution in [0.3, 0.4) is 0 Å². The van der Waals surface area contributed by atoms with Crippen molar-refractivity contribution in [1.29, 1.82) is 0 Å². The van der Waals surface area contributed by atoms with Gasteiger partial charge in [0.05, 0.1) is 6.10 Å². The number of carbonyl (C=O) groups excluding carboxylic acids is 1. The third-order valence-corrected chi connectivity index (χ3v) is 3.93. The van der Waals surface area contributed by atoms with Crippen molar-refractivity contribution in [3.05, 3.63) is 29.8 Å². The van der Waals surface area contributed by atoms with Crippen molar-refractivity contribution in [3.63, 3.8) is 0 Å². The average molecular weight is 276 g/mol. The number of anilines is 1. The molecule has 0 saturated heterocycles. The fourth-order valence-electron chi connectivity index (χ4n) is 2.65. The Hall–Kier alpha value is -1.55. The predicted octanol–water partition coefficient (Wildman–Crippen LogP) is 3.44. The summed E-state index contributed by atoms with van der Waals surface area (Å²) in [4.78, 5) is 11.8. The molecule has 110 valence electrons. The van der Waals surface area contributed by atoms with Crippen LogP contribution in [0.2, 0.25) is 0 Å². The lowest BCUT2D eigenvalue weighted by atomic mass is 9.89. The Kier molecular flexibility index (Phi) is 5.41. The van der Waals surface area contributed by atoms with E-state index in [1.807, 2.05) is 24.3 Å². The minimum Gasteiger partial charge on any atom is -0.389 e. The molecular weight excluding hydrogens is 252 g/mol. The monoisotopic (exact) mass is 276 g/mol. The number of hydrogen-bond donors (Lipinski definition) is 3. The Morgan fingerprint density at radius 2 is 1.90 bits per heavy atom. The molecule has 20 heavy (non-hydrogen) atoms. The van der Waals surface area contributed by atoms with Crippen LogP contribution in [-0.4, -0.2) is 17.7 Å². The first-order valence-electron chi connectivity index (χ1n) is 7.48. The van der Waals surface area contributed by atoms with Crippen molar-refractivity contribution < 1.29 is 9.90 Å². The van der Waals surface area contributed by atoms with Crippen LogP contribution in [0.4, 0.5) is 10.5 Å². The van der Waals surface area contributed by atoms with Gasteiger partial charge in [-0.15, -0.1) is 0 Å². The number of nitrogens with one attached hydrogen (secondary N) is 2. The summed E-state index contributed by atoms with van der Waals surface area (Å²) in [5.74, 6) is 0.632. The molecule has 2 rings (SSSR count). The molecule has 1 unspecified atom stereocenters. The molecule has 1 aromatic rings. The highest BCUT2D eigenvalue weighted by molar-refractivity contribution is 5.89. The van der Waals surface area contributed by atoms with E-state index in [1.54, 1.807) is 6.92 Å². The fraction of sp³-hybridized carbons (Fsp3) is 0.562. The molecule has 1 saturated carbocycles. The predicted molar refractivity (Wildman–Crippen MR) is 80.7 cm³/mol. The van der Waals surface area contributed by atoms with E-state index in [0.717, 1.165) is 17.8 Å². The zero-order valence-electron chi connectivity index (χ0n) is 12.1. The molecule has 0 aliphatic heterocycles. The summed E-state index contributed by atoms with van der Waals surface area (Å²) in [6.07, 6.45) is 5.87. The average Bonchev–Trinajstić information content (AvgIpc) is 2.47. The number of hydrogen-bond acceptors (Lipinski definition) is 2. The van der Waals surface area contributed by atoms with Crippen molar-refractivity contribution in [2.45, 2.75) is 45.1 Å². The summed E-state index contributed by atoms with van der Waals surface area (Å²) >= 11 is 0. The molecule has 4 heteroatoms. The fourth-order valence-corrected chi connectivity index (χ4v) is 2.65. The number of aliphatic hydroxyl groups excluding tert-OH is 1. The van der Waals surface area contributed by atoms with Crippen LogP contribution in [0, 0.1) is 5.92 Å². The number of aliphatic hydroxyl groups is 1.